The first kappa shape index (κ1) is 22.7. The fourth-order valence-electron chi connectivity index (χ4n) is 4.08. The monoisotopic (exact) mass is 468 g/mol. The van der Waals surface area contributed by atoms with Crippen LogP contribution in [0.2, 0.25) is 0 Å². The Balaban J connectivity index is 1.55. The molecule has 3 aromatic rings. The van der Waals surface area contributed by atoms with E-state index in [0.717, 1.165) is 28.8 Å². The number of carbonyl (C=O) groups is 1. The van der Waals surface area contributed by atoms with Crippen molar-refractivity contribution in [3.05, 3.63) is 69.4 Å². The number of amides is 1. The van der Waals surface area contributed by atoms with Crippen molar-refractivity contribution in [3.8, 4) is 0 Å². The summed E-state index contributed by atoms with van der Waals surface area (Å²) >= 11 is 0. The molecule has 0 radical (unpaired) electrons. The van der Waals surface area contributed by atoms with Crippen molar-refractivity contribution in [3.63, 3.8) is 0 Å². The summed E-state index contributed by atoms with van der Waals surface area (Å²) in [5.41, 5.74) is 3.21. The van der Waals surface area contributed by atoms with Gasteiger partial charge >= 0.3 is 0 Å². The number of rotatable bonds is 4. The van der Waals surface area contributed by atoms with Gasteiger partial charge < -0.3 is 9.80 Å². The lowest BCUT2D eigenvalue weighted by molar-refractivity contribution is -0.384. The zero-order valence-electron chi connectivity index (χ0n) is 18.6. The highest BCUT2D eigenvalue weighted by molar-refractivity contribution is 7.90. The number of pyridine rings is 1. The molecule has 4 rings (SSSR count). The maximum absolute atomic E-state index is 13.2. The summed E-state index contributed by atoms with van der Waals surface area (Å²) < 4.78 is 23.6. The number of nitrogens with zero attached hydrogens (tertiary/aromatic N) is 4. The largest absolute Gasteiger partial charge is 0.362 e. The summed E-state index contributed by atoms with van der Waals surface area (Å²) in [6.07, 6.45) is 1.01. The fraction of sp³-hybridized carbons (Fsp3) is 0.304. The second-order valence-electron chi connectivity index (χ2n) is 8.28. The van der Waals surface area contributed by atoms with E-state index >= 15 is 0 Å². The fourth-order valence-corrected chi connectivity index (χ4v) is 4.72. The zero-order valence-corrected chi connectivity index (χ0v) is 19.4. The van der Waals surface area contributed by atoms with Crippen LogP contribution in [0.5, 0.6) is 0 Å². The smallest absolute Gasteiger partial charge is 0.293 e. The van der Waals surface area contributed by atoms with Crippen LogP contribution in [0, 0.1) is 24.0 Å². The quantitative estimate of drug-likeness (QED) is 0.427. The van der Waals surface area contributed by atoms with Crippen molar-refractivity contribution in [2.24, 2.45) is 0 Å². The minimum atomic E-state index is -3.56. The summed E-state index contributed by atoms with van der Waals surface area (Å²) in [6, 6.07) is 11.7. The van der Waals surface area contributed by atoms with E-state index in [0.29, 0.717) is 43.1 Å². The number of nitro benzene ring substituents is 1. The molecule has 172 valence electrons. The molecule has 1 fully saturated rings. The molecule has 0 bridgehead atoms. The molecule has 10 heteroatoms. The van der Waals surface area contributed by atoms with E-state index in [9.17, 15) is 23.3 Å². The molecule has 2 heterocycles. The average molecular weight is 469 g/mol. The number of nitro groups is 1. The molecule has 9 nitrogen and oxygen atoms in total. The summed E-state index contributed by atoms with van der Waals surface area (Å²) in [5.74, 6) is -0.120. The van der Waals surface area contributed by atoms with Crippen molar-refractivity contribution in [1.82, 2.24) is 9.88 Å². The van der Waals surface area contributed by atoms with Gasteiger partial charge in [0.1, 0.15) is 5.69 Å². The van der Waals surface area contributed by atoms with Crippen molar-refractivity contribution < 1.29 is 18.1 Å². The predicted molar refractivity (Wildman–Crippen MR) is 126 cm³/mol. The van der Waals surface area contributed by atoms with E-state index in [1.807, 2.05) is 43.0 Å². The average Bonchev–Trinajstić information content (AvgIpc) is 2.77. The standard InChI is InChI=1S/C23H24N4O5S/c1-15-4-6-20-17(12-15)13-19(16(2)24-20)23(28)26-10-8-25(9-11-26)21-7-5-18(33(3,31)32)14-22(21)27(29)30/h4-7,12-14H,8-11H2,1-3H3. The Bertz CT molecular complexity index is 1380. The molecular weight excluding hydrogens is 444 g/mol. The van der Waals surface area contributed by atoms with Crippen LogP contribution in [0.4, 0.5) is 11.4 Å². The van der Waals surface area contributed by atoms with E-state index in [-0.39, 0.29) is 16.5 Å². The number of aryl methyl sites for hydroxylation is 2. The first-order valence-corrected chi connectivity index (χ1v) is 12.3. The minimum absolute atomic E-state index is 0.0960. The molecule has 0 aliphatic carbocycles. The van der Waals surface area contributed by atoms with Crippen LogP contribution in [0.3, 0.4) is 0 Å². The van der Waals surface area contributed by atoms with Gasteiger partial charge in [-0.15, -0.1) is 0 Å². The molecule has 0 N–H and O–H groups in total. The van der Waals surface area contributed by atoms with E-state index in [2.05, 4.69) is 4.98 Å². The lowest BCUT2D eigenvalue weighted by Gasteiger charge is -2.36. The molecule has 0 spiro atoms. The third-order valence-electron chi connectivity index (χ3n) is 5.87. The van der Waals surface area contributed by atoms with Crippen molar-refractivity contribution in [1.29, 1.82) is 0 Å². The molecule has 1 aliphatic heterocycles. The summed E-state index contributed by atoms with van der Waals surface area (Å²) in [5, 5.41) is 12.5. The van der Waals surface area contributed by atoms with Gasteiger partial charge in [0.05, 0.1) is 26.6 Å². The first-order chi connectivity index (χ1) is 15.5. The third kappa shape index (κ3) is 4.51. The van der Waals surface area contributed by atoms with Gasteiger partial charge in [0, 0.05) is 43.9 Å². The molecule has 2 aromatic carbocycles. The molecule has 1 aromatic heterocycles. The Kier molecular flexibility index (Phi) is 5.79. The lowest BCUT2D eigenvalue weighted by atomic mass is 10.1. The molecule has 1 saturated heterocycles. The van der Waals surface area contributed by atoms with Crippen molar-refractivity contribution >= 4 is 38.0 Å². The number of aromatic nitrogens is 1. The summed E-state index contributed by atoms with van der Waals surface area (Å²) in [4.78, 5) is 32.2. The van der Waals surface area contributed by atoms with Gasteiger partial charge in [0.2, 0.25) is 0 Å². The zero-order chi connectivity index (χ0) is 23.9. The second kappa shape index (κ2) is 8.43. The number of fused-ring (bicyclic) bond motifs is 1. The van der Waals surface area contributed by atoms with Crippen LogP contribution in [-0.2, 0) is 9.84 Å². The third-order valence-corrected chi connectivity index (χ3v) is 6.98. The van der Waals surface area contributed by atoms with E-state index in [4.69, 9.17) is 0 Å². The van der Waals surface area contributed by atoms with Gasteiger partial charge in [-0.1, -0.05) is 11.6 Å². The van der Waals surface area contributed by atoms with Gasteiger partial charge in [-0.05, 0) is 44.2 Å². The first-order valence-electron chi connectivity index (χ1n) is 10.5. The van der Waals surface area contributed by atoms with Gasteiger partial charge in [-0.2, -0.15) is 0 Å². The number of hydrogen-bond acceptors (Lipinski definition) is 7. The van der Waals surface area contributed by atoms with E-state index in [1.54, 1.807) is 4.90 Å². The molecule has 33 heavy (non-hydrogen) atoms. The number of hydrogen-bond donors (Lipinski definition) is 0. The maximum atomic E-state index is 13.2. The normalized spacial score (nSPS) is 14.5. The molecule has 0 atom stereocenters. The molecule has 1 aliphatic rings. The van der Waals surface area contributed by atoms with Crippen LogP contribution in [0.15, 0.2) is 47.4 Å². The number of piperazine rings is 1. The van der Waals surface area contributed by atoms with Crippen LogP contribution < -0.4 is 4.90 Å². The number of sulfone groups is 1. The highest BCUT2D eigenvalue weighted by Crippen LogP contribution is 2.32. The Morgan fingerprint density at radius 2 is 1.73 bits per heavy atom. The Hall–Kier alpha value is -3.53. The van der Waals surface area contributed by atoms with Gasteiger partial charge in [0.15, 0.2) is 9.84 Å². The minimum Gasteiger partial charge on any atom is -0.362 e. The second-order valence-corrected chi connectivity index (χ2v) is 10.3. The Morgan fingerprint density at radius 3 is 2.36 bits per heavy atom. The summed E-state index contributed by atoms with van der Waals surface area (Å²) in [6.45, 7) is 5.36. The molecule has 0 saturated carbocycles. The molecule has 0 unspecified atom stereocenters. The highest BCUT2D eigenvalue weighted by Gasteiger charge is 2.28. The van der Waals surface area contributed by atoms with Crippen LogP contribution in [0.25, 0.3) is 10.9 Å². The van der Waals surface area contributed by atoms with Gasteiger partial charge in [-0.3, -0.25) is 19.9 Å². The number of anilines is 1. The summed E-state index contributed by atoms with van der Waals surface area (Å²) in [7, 11) is -3.56. The van der Waals surface area contributed by atoms with Crippen molar-refractivity contribution in [2.45, 2.75) is 18.7 Å². The topological polar surface area (TPSA) is 114 Å². The lowest BCUT2D eigenvalue weighted by Crippen LogP contribution is -2.49. The Labute approximate surface area is 191 Å². The van der Waals surface area contributed by atoms with E-state index in [1.165, 1.54) is 12.1 Å². The van der Waals surface area contributed by atoms with Gasteiger partial charge in [-0.25, -0.2) is 8.42 Å². The van der Waals surface area contributed by atoms with Crippen molar-refractivity contribution in [2.75, 3.05) is 37.3 Å². The molecule has 1 amide bonds. The maximum Gasteiger partial charge on any atom is 0.293 e. The van der Waals surface area contributed by atoms with E-state index < -0.39 is 14.8 Å². The van der Waals surface area contributed by atoms with Crippen LogP contribution >= 0.6 is 0 Å². The van der Waals surface area contributed by atoms with Crippen LogP contribution in [0.1, 0.15) is 21.6 Å². The number of carbonyl (C=O) groups excluding carboxylic acids is 1. The van der Waals surface area contributed by atoms with Gasteiger partial charge in [0.25, 0.3) is 11.6 Å². The predicted octanol–water partition coefficient (Wildman–Crippen LogP) is 3.13. The Morgan fingerprint density at radius 1 is 1.03 bits per heavy atom. The SMILES string of the molecule is Cc1ccc2nc(C)c(C(=O)N3CCN(c4ccc(S(C)(=O)=O)cc4[N+](=O)[O-])CC3)cc2c1. The number of benzene rings is 2. The highest BCUT2D eigenvalue weighted by atomic mass is 32.2. The van der Waals surface area contributed by atoms with Crippen LogP contribution in [-0.4, -0.2) is 61.6 Å². The molecular formula is C23H24N4O5S.